The summed E-state index contributed by atoms with van der Waals surface area (Å²) >= 11 is 0. The van der Waals surface area contributed by atoms with Crippen LogP contribution in [-0.4, -0.2) is 24.2 Å². The molecule has 0 atom stereocenters. The van der Waals surface area contributed by atoms with Gasteiger partial charge in [-0.25, -0.2) is 9.38 Å². The molecule has 0 bridgehead atoms. The van der Waals surface area contributed by atoms with Crippen molar-refractivity contribution in [1.29, 1.82) is 0 Å². The molecule has 0 saturated heterocycles. The van der Waals surface area contributed by atoms with E-state index in [0.717, 1.165) is 17.7 Å². The maximum atomic E-state index is 13.2. The lowest BCUT2D eigenvalue weighted by Gasteiger charge is -2.13. The third-order valence-corrected chi connectivity index (χ3v) is 3.44. The number of aliphatic imine (C=N–C) groups is 1. The maximum Gasteiger partial charge on any atom is 0.191 e. The van der Waals surface area contributed by atoms with Gasteiger partial charge in [0.05, 0.1) is 13.2 Å². The van der Waals surface area contributed by atoms with Gasteiger partial charge >= 0.3 is 0 Å². The van der Waals surface area contributed by atoms with Crippen molar-refractivity contribution in [3.63, 3.8) is 0 Å². The Hall–Kier alpha value is -2.03. The summed E-state index contributed by atoms with van der Waals surface area (Å²) < 4.78 is 18.6. The van der Waals surface area contributed by atoms with Crippen LogP contribution in [0, 0.1) is 5.82 Å². The van der Waals surface area contributed by atoms with E-state index in [1.807, 2.05) is 26.0 Å². The minimum atomic E-state index is -0.266. The van der Waals surface area contributed by atoms with Gasteiger partial charge in [-0.2, -0.15) is 0 Å². The van der Waals surface area contributed by atoms with Crippen molar-refractivity contribution >= 4 is 29.9 Å². The fourth-order valence-electron chi connectivity index (χ4n) is 2.27. The van der Waals surface area contributed by atoms with Gasteiger partial charge in [-0.3, -0.25) is 0 Å². The molecule has 0 aliphatic carbocycles. The average Bonchev–Trinajstić information content (AvgIpc) is 2.60. The number of rotatable bonds is 7. The predicted octanol–water partition coefficient (Wildman–Crippen LogP) is 3.80. The molecular weight excluding hydrogens is 448 g/mol. The van der Waals surface area contributed by atoms with Crippen LogP contribution in [0.2, 0.25) is 0 Å². The summed E-state index contributed by atoms with van der Waals surface area (Å²) in [6.07, 6.45) is 0. The minimum Gasteiger partial charge on any atom is -0.504 e. The molecule has 2 aromatic carbocycles. The van der Waals surface area contributed by atoms with Crippen molar-refractivity contribution in [3.8, 4) is 11.5 Å². The van der Waals surface area contributed by atoms with E-state index in [9.17, 15) is 9.50 Å². The number of hydrogen-bond acceptors (Lipinski definition) is 3. The van der Waals surface area contributed by atoms with Gasteiger partial charge in [-0.15, -0.1) is 24.0 Å². The Balaban J connectivity index is 0.00000338. The van der Waals surface area contributed by atoms with E-state index in [1.54, 1.807) is 18.2 Å². The number of halogens is 2. The third-order valence-electron chi connectivity index (χ3n) is 3.44. The number of phenolic OH excluding ortho intramolecular Hbond substituents is 1. The van der Waals surface area contributed by atoms with E-state index in [1.165, 1.54) is 12.1 Å². The molecule has 26 heavy (non-hydrogen) atoms. The molecule has 0 saturated carbocycles. The van der Waals surface area contributed by atoms with Crippen molar-refractivity contribution < 1.29 is 14.2 Å². The first-order valence-electron chi connectivity index (χ1n) is 8.33. The lowest BCUT2D eigenvalue weighted by molar-refractivity contribution is 0.317. The van der Waals surface area contributed by atoms with Gasteiger partial charge < -0.3 is 20.5 Å². The molecule has 0 radical (unpaired) electrons. The Morgan fingerprint density at radius 1 is 1.12 bits per heavy atom. The van der Waals surface area contributed by atoms with E-state index >= 15 is 0 Å². The normalized spacial score (nSPS) is 10.8. The first-order chi connectivity index (χ1) is 12.1. The Labute approximate surface area is 170 Å². The zero-order valence-electron chi connectivity index (χ0n) is 15.0. The summed E-state index contributed by atoms with van der Waals surface area (Å²) in [6, 6.07) is 11.6. The quantitative estimate of drug-likeness (QED) is 0.325. The molecule has 0 amide bonds. The van der Waals surface area contributed by atoms with Crippen LogP contribution in [0.3, 0.4) is 0 Å². The lowest BCUT2D eigenvalue weighted by Crippen LogP contribution is -2.36. The van der Waals surface area contributed by atoms with E-state index in [4.69, 9.17) is 4.74 Å². The van der Waals surface area contributed by atoms with E-state index in [2.05, 4.69) is 15.6 Å². The number of aromatic hydroxyl groups is 1. The van der Waals surface area contributed by atoms with Crippen LogP contribution >= 0.6 is 24.0 Å². The second-order valence-electron chi connectivity index (χ2n) is 5.41. The van der Waals surface area contributed by atoms with Gasteiger partial charge in [0, 0.05) is 13.1 Å². The van der Waals surface area contributed by atoms with Gasteiger partial charge in [0.15, 0.2) is 17.5 Å². The first kappa shape index (κ1) is 22.0. The summed E-state index contributed by atoms with van der Waals surface area (Å²) in [5.41, 5.74) is 1.76. The fraction of sp³-hybridized carbons (Fsp3) is 0.316. The molecule has 0 aliphatic rings. The highest BCUT2D eigenvalue weighted by atomic mass is 127. The molecule has 2 aromatic rings. The SMILES string of the molecule is CCNC(=NCc1cccc(F)c1)NCc1ccc(O)c(OCC)c1.I. The molecule has 7 heteroatoms. The molecule has 5 nitrogen and oxygen atoms in total. The van der Waals surface area contributed by atoms with Gasteiger partial charge in [0.25, 0.3) is 0 Å². The molecule has 0 fully saturated rings. The molecular formula is C19H25FIN3O2. The van der Waals surface area contributed by atoms with Crippen LogP contribution in [0.5, 0.6) is 11.5 Å². The molecule has 142 valence electrons. The highest BCUT2D eigenvalue weighted by molar-refractivity contribution is 14.0. The topological polar surface area (TPSA) is 65.9 Å². The maximum absolute atomic E-state index is 13.2. The summed E-state index contributed by atoms with van der Waals surface area (Å²) in [5, 5.41) is 16.1. The monoisotopic (exact) mass is 473 g/mol. The molecule has 0 aromatic heterocycles. The molecule has 3 N–H and O–H groups in total. The smallest absolute Gasteiger partial charge is 0.191 e. The van der Waals surface area contributed by atoms with E-state index < -0.39 is 0 Å². The Morgan fingerprint density at radius 3 is 2.62 bits per heavy atom. The first-order valence-corrected chi connectivity index (χ1v) is 8.33. The third kappa shape index (κ3) is 7.07. The summed E-state index contributed by atoms with van der Waals surface area (Å²) in [4.78, 5) is 4.46. The van der Waals surface area contributed by atoms with E-state index in [-0.39, 0.29) is 35.5 Å². The second-order valence-corrected chi connectivity index (χ2v) is 5.41. The summed E-state index contributed by atoms with van der Waals surface area (Å²) in [7, 11) is 0. The van der Waals surface area contributed by atoms with Crippen molar-refractivity contribution in [2.24, 2.45) is 4.99 Å². The highest BCUT2D eigenvalue weighted by Crippen LogP contribution is 2.26. The van der Waals surface area contributed by atoms with Gasteiger partial charge in [0.2, 0.25) is 0 Å². The van der Waals surface area contributed by atoms with Crippen LogP contribution in [0.15, 0.2) is 47.5 Å². The molecule has 0 heterocycles. The lowest BCUT2D eigenvalue weighted by atomic mass is 10.2. The summed E-state index contributed by atoms with van der Waals surface area (Å²) in [5.74, 6) is 0.955. The Bertz CT molecular complexity index is 726. The van der Waals surface area contributed by atoms with Gasteiger partial charge in [-0.05, 0) is 49.2 Å². The van der Waals surface area contributed by atoms with Crippen molar-refractivity contribution in [2.45, 2.75) is 26.9 Å². The van der Waals surface area contributed by atoms with Crippen molar-refractivity contribution in [2.75, 3.05) is 13.2 Å². The van der Waals surface area contributed by atoms with Gasteiger partial charge in [0.1, 0.15) is 5.82 Å². The number of ether oxygens (including phenoxy) is 1. The molecule has 0 spiro atoms. The zero-order valence-corrected chi connectivity index (χ0v) is 17.3. The number of hydrogen-bond donors (Lipinski definition) is 3. The highest BCUT2D eigenvalue weighted by Gasteiger charge is 2.05. The Morgan fingerprint density at radius 2 is 1.92 bits per heavy atom. The van der Waals surface area contributed by atoms with Crippen molar-refractivity contribution in [3.05, 3.63) is 59.4 Å². The number of nitrogens with zero attached hydrogens (tertiary/aromatic N) is 1. The number of nitrogens with one attached hydrogen (secondary N) is 2. The second kappa shape index (κ2) is 11.6. The molecule has 0 unspecified atom stereocenters. The van der Waals surface area contributed by atoms with Crippen molar-refractivity contribution in [1.82, 2.24) is 10.6 Å². The van der Waals surface area contributed by atoms with Crippen LogP contribution in [0.1, 0.15) is 25.0 Å². The van der Waals surface area contributed by atoms with Crippen LogP contribution < -0.4 is 15.4 Å². The standard InChI is InChI=1S/C19H24FN3O2.HI/c1-3-21-19(22-12-14-6-5-7-16(20)10-14)23-13-15-8-9-17(24)18(11-15)25-4-2;/h5-11,24H,3-4,12-13H2,1-2H3,(H2,21,22,23);1H. The summed E-state index contributed by atoms with van der Waals surface area (Å²) in [6.45, 7) is 5.96. The van der Waals surface area contributed by atoms with Crippen LogP contribution in [0.4, 0.5) is 4.39 Å². The minimum absolute atomic E-state index is 0. The fourth-order valence-corrected chi connectivity index (χ4v) is 2.27. The number of benzene rings is 2. The zero-order chi connectivity index (χ0) is 18.1. The van der Waals surface area contributed by atoms with Crippen LogP contribution in [-0.2, 0) is 13.1 Å². The van der Waals surface area contributed by atoms with E-state index in [0.29, 0.717) is 31.4 Å². The molecule has 2 rings (SSSR count). The Kier molecular flexibility index (Phi) is 9.79. The number of phenols is 1. The van der Waals surface area contributed by atoms with Crippen LogP contribution in [0.25, 0.3) is 0 Å². The average molecular weight is 473 g/mol. The number of guanidine groups is 1. The largest absolute Gasteiger partial charge is 0.504 e. The molecule has 0 aliphatic heterocycles. The predicted molar refractivity (Wildman–Crippen MR) is 113 cm³/mol. The van der Waals surface area contributed by atoms with Gasteiger partial charge in [-0.1, -0.05) is 18.2 Å².